The van der Waals surface area contributed by atoms with E-state index < -0.39 is 0 Å². The highest BCUT2D eigenvalue weighted by Crippen LogP contribution is 2.25. The minimum absolute atomic E-state index is 0.455. The molecule has 1 fully saturated rings. The molecule has 1 aliphatic heterocycles. The zero-order valence-corrected chi connectivity index (χ0v) is 15.3. The lowest BCUT2D eigenvalue weighted by Gasteiger charge is -2.36. The number of aryl methyl sites for hydroxylation is 1. The number of hydrogen-bond donors (Lipinski definition) is 0. The molecule has 25 heavy (non-hydrogen) atoms. The molecule has 0 unspecified atom stereocenters. The molecular weight excluding hydrogens is 340 g/mol. The van der Waals surface area contributed by atoms with Gasteiger partial charge in [0, 0.05) is 56.1 Å². The van der Waals surface area contributed by atoms with Crippen molar-refractivity contribution in [2.75, 3.05) is 43.1 Å². The van der Waals surface area contributed by atoms with Crippen LogP contribution in [0.25, 0.3) is 5.78 Å². The van der Waals surface area contributed by atoms with Crippen LogP contribution >= 0.6 is 11.5 Å². The van der Waals surface area contributed by atoms with Crippen molar-refractivity contribution in [3.8, 4) is 0 Å². The number of fused-ring (bicyclic) bond motifs is 1. The monoisotopic (exact) mass is 360 g/mol. The lowest BCUT2D eigenvalue weighted by atomic mass is 10.2. The topological polar surface area (TPSA) is 84.6 Å². The molecule has 0 atom stereocenters. The minimum Gasteiger partial charge on any atom is -0.377 e. The number of piperazine rings is 1. The number of nitrogens with zero attached hydrogens (tertiary/aromatic N) is 8. The van der Waals surface area contributed by atoms with E-state index in [2.05, 4.69) is 41.1 Å². The second kappa shape index (κ2) is 6.52. The average molecular weight is 360 g/mol. The van der Waals surface area contributed by atoms with E-state index >= 15 is 0 Å². The van der Waals surface area contributed by atoms with Gasteiger partial charge in [0.2, 0.25) is 5.13 Å². The highest BCUT2D eigenvalue weighted by atomic mass is 32.1. The van der Waals surface area contributed by atoms with Crippen molar-refractivity contribution >= 4 is 28.3 Å². The molecule has 0 bridgehead atoms. The van der Waals surface area contributed by atoms with Crippen LogP contribution in [-0.2, 0) is 11.3 Å². The maximum absolute atomic E-state index is 5.09. The summed E-state index contributed by atoms with van der Waals surface area (Å²) in [6.07, 6.45) is 1.56. The Morgan fingerprint density at radius 1 is 1.12 bits per heavy atom. The summed E-state index contributed by atoms with van der Waals surface area (Å²) >= 11 is 1.43. The van der Waals surface area contributed by atoms with Crippen molar-refractivity contribution < 1.29 is 4.74 Å². The molecule has 3 aromatic rings. The van der Waals surface area contributed by atoms with Gasteiger partial charge in [0.05, 0.1) is 0 Å². The van der Waals surface area contributed by atoms with Gasteiger partial charge in [-0.3, -0.25) is 0 Å². The van der Waals surface area contributed by atoms with Crippen molar-refractivity contribution in [3.05, 3.63) is 23.4 Å². The molecule has 4 heterocycles. The van der Waals surface area contributed by atoms with Crippen LogP contribution in [0.5, 0.6) is 0 Å². The van der Waals surface area contributed by atoms with Crippen LogP contribution in [0.15, 0.2) is 6.33 Å². The largest absolute Gasteiger partial charge is 0.377 e. The summed E-state index contributed by atoms with van der Waals surface area (Å²) in [7, 11) is 1.66. The Morgan fingerprint density at radius 3 is 2.64 bits per heavy atom. The Bertz CT molecular complexity index is 883. The van der Waals surface area contributed by atoms with Gasteiger partial charge in [-0.05, 0) is 13.8 Å². The summed E-state index contributed by atoms with van der Waals surface area (Å²) in [6.45, 7) is 8.11. The number of anilines is 2. The maximum atomic E-state index is 5.09. The van der Waals surface area contributed by atoms with Gasteiger partial charge in [-0.25, -0.2) is 9.97 Å². The molecule has 0 spiro atoms. The van der Waals surface area contributed by atoms with Gasteiger partial charge in [0.1, 0.15) is 18.8 Å². The number of methoxy groups -OCH3 is 1. The zero-order chi connectivity index (χ0) is 17.4. The highest BCUT2D eigenvalue weighted by Gasteiger charge is 2.24. The molecule has 0 saturated carbocycles. The van der Waals surface area contributed by atoms with E-state index in [-0.39, 0.29) is 0 Å². The number of aromatic nitrogens is 6. The molecule has 132 valence electrons. The van der Waals surface area contributed by atoms with Gasteiger partial charge in [-0.1, -0.05) is 0 Å². The first-order valence-electron chi connectivity index (χ1n) is 8.15. The van der Waals surface area contributed by atoms with Gasteiger partial charge in [0.25, 0.3) is 5.78 Å². The fourth-order valence-corrected chi connectivity index (χ4v) is 3.78. The normalized spacial score (nSPS) is 15.3. The predicted molar refractivity (Wildman–Crippen MR) is 95.3 cm³/mol. The Hall–Kier alpha value is -2.33. The Balaban J connectivity index is 1.54. The zero-order valence-electron chi connectivity index (χ0n) is 14.5. The highest BCUT2D eigenvalue weighted by molar-refractivity contribution is 7.09. The van der Waals surface area contributed by atoms with E-state index in [9.17, 15) is 0 Å². The first-order chi connectivity index (χ1) is 12.2. The van der Waals surface area contributed by atoms with Crippen LogP contribution in [0.1, 0.15) is 17.1 Å². The van der Waals surface area contributed by atoms with Gasteiger partial charge >= 0.3 is 0 Å². The van der Waals surface area contributed by atoms with Crippen molar-refractivity contribution in [1.29, 1.82) is 0 Å². The molecule has 0 radical (unpaired) electrons. The van der Waals surface area contributed by atoms with E-state index in [1.165, 1.54) is 11.5 Å². The summed E-state index contributed by atoms with van der Waals surface area (Å²) in [5.41, 5.74) is 2.14. The Kier molecular flexibility index (Phi) is 4.22. The molecule has 1 saturated heterocycles. The molecule has 0 amide bonds. The van der Waals surface area contributed by atoms with Crippen LogP contribution in [0.3, 0.4) is 0 Å². The van der Waals surface area contributed by atoms with E-state index in [0.29, 0.717) is 12.4 Å². The van der Waals surface area contributed by atoms with Crippen molar-refractivity contribution in [1.82, 2.24) is 28.9 Å². The third-order valence-electron chi connectivity index (χ3n) is 4.46. The molecule has 0 N–H and O–H groups in total. The molecule has 3 aromatic heterocycles. The first kappa shape index (κ1) is 16.2. The van der Waals surface area contributed by atoms with E-state index in [1.54, 1.807) is 13.4 Å². The molecule has 1 aliphatic rings. The van der Waals surface area contributed by atoms with E-state index in [0.717, 1.165) is 54.2 Å². The predicted octanol–water partition coefficient (Wildman–Crippen LogP) is 1.07. The third kappa shape index (κ3) is 2.91. The number of ether oxygens (including phenoxy) is 1. The average Bonchev–Trinajstić information content (AvgIpc) is 3.26. The summed E-state index contributed by atoms with van der Waals surface area (Å²) in [6, 6.07) is 0. The van der Waals surface area contributed by atoms with Crippen LogP contribution in [0.2, 0.25) is 0 Å². The second-order valence-electron chi connectivity index (χ2n) is 6.02. The quantitative estimate of drug-likeness (QED) is 0.683. The SMILES string of the molecule is COCc1nsc(N2CCN(c3c(C)c(C)nc4ncnn34)CC2)n1. The fraction of sp³-hybridized carbons (Fsp3) is 0.533. The van der Waals surface area contributed by atoms with Crippen LogP contribution in [-0.4, -0.2) is 62.2 Å². The van der Waals surface area contributed by atoms with Crippen LogP contribution in [0.4, 0.5) is 10.9 Å². The Labute approximate surface area is 149 Å². The molecule has 0 aromatic carbocycles. The lowest BCUT2D eigenvalue weighted by molar-refractivity contribution is 0.179. The molecular formula is C15H20N8OS. The van der Waals surface area contributed by atoms with E-state index in [4.69, 9.17) is 4.74 Å². The van der Waals surface area contributed by atoms with Gasteiger partial charge in [0.15, 0.2) is 5.82 Å². The number of rotatable bonds is 4. The minimum atomic E-state index is 0.455. The molecule has 0 aliphatic carbocycles. The fourth-order valence-electron chi connectivity index (χ4n) is 3.06. The smallest absolute Gasteiger partial charge is 0.254 e. The first-order valence-corrected chi connectivity index (χ1v) is 8.93. The standard InChI is InChI=1S/C15H20N8OS/c1-10-11(2)18-14-16-9-17-23(14)13(10)21-4-6-22(7-5-21)15-19-12(8-24-3)20-25-15/h9H,4-8H2,1-3H3. The summed E-state index contributed by atoms with van der Waals surface area (Å²) in [5, 5.41) is 5.31. The van der Waals surface area contributed by atoms with Crippen LogP contribution in [0, 0.1) is 13.8 Å². The van der Waals surface area contributed by atoms with Gasteiger partial charge in [-0.15, -0.1) is 0 Å². The second-order valence-corrected chi connectivity index (χ2v) is 6.75. The third-order valence-corrected chi connectivity index (χ3v) is 5.27. The molecule has 10 heteroatoms. The van der Waals surface area contributed by atoms with Crippen molar-refractivity contribution in [3.63, 3.8) is 0 Å². The summed E-state index contributed by atoms with van der Waals surface area (Å²) in [5.74, 6) is 2.47. The van der Waals surface area contributed by atoms with Crippen LogP contribution < -0.4 is 9.80 Å². The number of hydrogen-bond acceptors (Lipinski definition) is 9. The maximum Gasteiger partial charge on any atom is 0.254 e. The van der Waals surface area contributed by atoms with Crippen molar-refractivity contribution in [2.45, 2.75) is 20.5 Å². The molecule has 4 rings (SSSR count). The lowest BCUT2D eigenvalue weighted by Crippen LogP contribution is -2.47. The molecule has 9 nitrogen and oxygen atoms in total. The summed E-state index contributed by atoms with van der Waals surface area (Å²) in [4.78, 5) is 17.9. The van der Waals surface area contributed by atoms with E-state index in [1.807, 2.05) is 11.4 Å². The van der Waals surface area contributed by atoms with Crippen molar-refractivity contribution in [2.24, 2.45) is 0 Å². The van der Waals surface area contributed by atoms with Gasteiger partial charge < -0.3 is 14.5 Å². The summed E-state index contributed by atoms with van der Waals surface area (Å²) < 4.78 is 11.3. The van der Waals surface area contributed by atoms with Gasteiger partial charge in [-0.2, -0.15) is 19.0 Å². The Morgan fingerprint density at radius 2 is 1.88 bits per heavy atom.